The quantitative estimate of drug-likeness (QED) is 0.374. The minimum atomic E-state index is 0. The van der Waals surface area contributed by atoms with Crippen molar-refractivity contribution in [2.75, 3.05) is 11.5 Å². The molecule has 0 atom stereocenters. The Hall–Kier alpha value is 2.70. The molecular weight excluding hydrogens is 134 g/mol. The van der Waals surface area contributed by atoms with Crippen molar-refractivity contribution >= 4 is 84.4 Å². The van der Waals surface area contributed by atoms with Crippen LogP contribution in [-0.2, 0) is 0 Å². The van der Waals surface area contributed by atoms with Gasteiger partial charge in [-0.2, -0.15) is 25.3 Å². The second-order valence-corrected chi connectivity index (χ2v) is 1.34. The van der Waals surface area contributed by atoms with Gasteiger partial charge in [-0.15, -0.1) is 0 Å². The van der Waals surface area contributed by atoms with E-state index in [0.29, 0.717) is 0 Å². The fourth-order valence-electron chi connectivity index (χ4n) is 0. The van der Waals surface area contributed by atoms with Crippen molar-refractivity contribution in [2.24, 2.45) is 0 Å². The molecule has 0 aliphatic carbocycles. The molecule has 0 heterocycles. The summed E-state index contributed by atoms with van der Waals surface area (Å²) in [4.78, 5) is 0. The van der Waals surface area contributed by atoms with Crippen LogP contribution in [0, 0.1) is 0 Å². The van der Waals surface area contributed by atoms with E-state index in [-0.39, 0.29) is 59.1 Å². The molecule has 0 saturated heterocycles. The monoisotopic (exact) mass is 140 g/mol. The van der Waals surface area contributed by atoms with Crippen LogP contribution in [0.5, 0.6) is 0 Å². The molecule has 4 heteroatoms. The molecule has 0 rings (SSSR count). The van der Waals surface area contributed by atoms with Gasteiger partial charge in [-0.25, -0.2) is 0 Å². The summed E-state index contributed by atoms with van der Waals surface area (Å²) in [6, 6.07) is 0. The van der Waals surface area contributed by atoms with Gasteiger partial charge in [0.15, 0.2) is 0 Å². The van der Waals surface area contributed by atoms with Gasteiger partial charge in [0.1, 0.15) is 0 Å². The van der Waals surface area contributed by atoms with E-state index in [2.05, 4.69) is 25.3 Å². The Balaban J connectivity index is -0.0000000450. The predicted molar refractivity (Wildman–Crippen MR) is 39.2 cm³/mol. The van der Waals surface area contributed by atoms with E-state index in [1.165, 1.54) is 0 Å². The van der Waals surface area contributed by atoms with Crippen molar-refractivity contribution in [1.82, 2.24) is 0 Å². The fraction of sp³-hybridized carbons (Fsp3) is 1.00. The Morgan fingerprint density at radius 3 is 1.00 bits per heavy atom. The van der Waals surface area contributed by atoms with Crippen LogP contribution in [0.15, 0.2) is 0 Å². The Kier molecular flexibility index (Phi) is 41.4. The Bertz CT molecular complexity index is 11.5. The van der Waals surface area contributed by atoms with Crippen LogP contribution in [0.25, 0.3) is 0 Å². The fourth-order valence-corrected chi connectivity index (χ4v) is 0. The van der Waals surface area contributed by atoms with Crippen LogP contribution < -0.4 is 0 Å². The summed E-state index contributed by atoms with van der Waals surface area (Å²) in [5.74, 6) is 1.76. The van der Waals surface area contributed by atoms with Crippen LogP contribution in [0.3, 0.4) is 0 Å². The SMILES string of the molecule is SCCS.[Na].[Na]. The molecular formula is C2H6Na2S2. The molecule has 6 heavy (non-hydrogen) atoms. The minimum absolute atomic E-state index is 0. The van der Waals surface area contributed by atoms with Gasteiger partial charge in [-0.05, 0) is 11.5 Å². The van der Waals surface area contributed by atoms with Crippen molar-refractivity contribution in [3.05, 3.63) is 0 Å². The third-order valence-electron chi connectivity index (χ3n) is 0.1000. The van der Waals surface area contributed by atoms with Crippen LogP contribution in [0.1, 0.15) is 0 Å². The molecule has 2 radical (unpaired) electrons. The van der Waals surface area contributed by atoms with Gasteiger partial charge in [0.2, 0.25) is 0 Å². The number of hydrogen-bond donors (Lipinski definition) is 2. The Labute approximate surface area is 94.2 Å². The van der Waals surface area contributed by atoms with E-state index >= 15 is 0 Å². The third kappa shape index (κ3) is 15.9. The summed E-state index contributed by atoms with van der Waals surface area (Å²) < 4.78 is 0. The molecule has 0 aromatic rings. The molecule has 0 aliphatic heterocycles. The second-order valence-electron chi connectivity index (χ2n) is 0.447. The van der Waals surface area contributed by atoms with Gasteiger partial charge in [-0.3, -0.25) is 0 Å². The van der Waals surface area contributed by atoms with Crippen LogP contribution in [0.4, 0.5) is 0 Å². The van der Waals surface area contributed by atoms with Gasteiger partial charge in [0.25, 0.3) is 0 Å². The molecule has 0 unspecified atom stereocenters. The molecule has 0 saturated carbocycles. The molecule has 0 nitrogen and oxygen atoms in total. The summed E-state index contributed by atoms with van der Waals surface area (Å²) >= 11 is 7.69. The van der Waals surface area contributed by atoms with Crippen LogP contribution in [0.2, 0.25) is 0 Å². The zero-order chi connectivity index (χ0) is 3.41. The van der Waals surface area contributed by atoms with Gasteiger partial charge < -0.3 is 0 Å². The average molecular weight is 140 g/mol. The van der Waals surface area contributed by atoms with E-state index in [9.17, 15) is 0 Å². The number of rotatable bonds is 1. The number of thiol groups is 2. The summed E-state index contributed by atoms with van der Waals surface area (Å²) in [5.41, 5.74) is 0. The van der Waals surface area contributed by atoms with Gasteiger partial charge >= 0.3 is 0 Å². The molecule has 28 valence electrons. The maximum Gasteiger partial charge on any atom is 0 e. The number of hydrogen-bond acceptors (Lipinski definition) is 2. The van der Waals surface area contributed by atoms with Crippen molar-refractivity contribution in [2.45, 2.75) is 0 Å². The molecule has 0 bridgehead atoms. The first kappa shape index (κ1) is 15.9. The van der Waals surface area contributed by atoms with Crippen molar-refractivity contribution in [1.29, 1.82) is 0 Å². The molecule has 0 fully saturated rings. The summed E-state index contributed by atoms with van der Waals surface area (Å²) in [5, 5.41) is 0. The zero-order valence-electron chi connectivity index (χ0n) is 4.31. The van der Waals surface area contributed by atoms with E-state index in [1.54, 1.807) is 0 Å². The molecule has 0 spiro atoms. The summed E-state index contributed by atoms with van der Waals surface area (Å²) in [6.45, 7) is 0. The Morgan fingerprint density at radius 2 is 1.00 bits per heavy atom. The third-order valence-corrected chi connectivity index (χ3v) is 0.900. The Morgan fingerprint density at radius 1 is 0.833 bits per heavy atom. The molecule has 0 aromatic carbocycles. The van der Waals surface area contributed by atoms with Gasteiger partial charge in [0, 0.05) is 59.1 Å². The van der Waals surface area contributed by atoms with Gasteiger partial charge in [-0.1, -0.05) is 0 Å². The summed E-state index contributed by atoms with van der Waals surface area (Å²) in [7, 11) is 0. The first-order valence-corrected chi connectivity index (χ1v) is 2.40. The van der Waals surface area contributed by atoms with E-state index in [0.717, 1.165) is 11.5 Å². The van der Waals surface area contributed by atoms with Crippen molar-refractivity contribution in [3.63, 3.8) is 0 Å². The van der Waals surface area contributed by atoms with Crippen molar-refractivity contribution in [3.8, 4) is 0 Å². The molecule has 0 aliphatic rings. The minimum Gasteiger partial charge on any atom is -0.179 e. The predicted octanol–water partition coefficient (Wildman–Crippen LogP) is 0.0844. The normalized spacial score (nSPS) is 5.00. The molecule has 0 amide bonds. The smallest absolute Gasteiger partial charge is 0 e. The standard InChI is InChI=1S/C2H6S2.2Na/c3-1-2-4;;/h3-4H,1-2H2;;. The van der Waals surface area contributed by atoms with Crippen molar-refractivity contribution < 1.29 is 0 Å². The van der Waals surface area contributed by atoms with Crippen LogP contribution in [-0.4, -0.2) is 70.6 Å². The molecule has 0 N–H and O–H groups in total. The maximum atomic E-state index is 3.84. The molecule has 0 aromatic heterocycles. The van der Waals surface area contributed by atoms with E-state index in [1.807, 2.05) is 0 Å². The summed E-state index contributed by atoms with van der Waals surface area (Å²) in [6.07, 6.45) is 0. The van der Waals surface area contributed by atoms with Gasteiger partial charge in [0.05, 0.1) is 0 Å². The second kappa shape index (κ2) is 15.6. The first-order chi connectivity index (χ1) is 1.91. The first-order valence-electron chi connectivity index (χ1n) is 1.13. The van der Waals surface area contributed by atoms with E-state index < -0.39 is 0 Å². The zero-order valence-corrected chi connectivity index (χ0v) is 10.1. The largest absolute Gasteiger partial charge is 0.179 e. The van der Waals surface area contributed by atoms with E-state index in [4.69, 9.17) is 0 Å². The average Bonchev–Trinajstić information content (AvgIpc) is 1.37. The topological polar surface area (TPSA) is 0 Å². The maximum absolute atomic E-state index is 3.84. The van der Waals surface area contributed by atoms with Crippen LogP contribution >= 0.6 is 25.3 Å².